The van der Waals surface area contributed by atoms with Gasteiger partial charge in [-0.2, -0.15) is 4.31 Å². The summed E-state index contributed by atoms with van der Waals surface area (Å²) in [5.74, 6) is -0.629. The first-order valence-corrected chi connectivity index (χ1v) is 11.1. The number of nitrogens with zero attached hydrogens (tertiary/aromatic N) is 2. The zero-order valence-electron chi connectivity index (χ0n) is 16.2. The first-order valence-electron chi connectivity index (χ1n) is 9.68. The van der Waals surface area contributed by atoms with E-state index in [2.05, 4.69) is 10.2 Å². The summed E-state index contributed by atoms with van der Waals surface area (Å²) in [6.45, 7) is 2.16. The first kappa shape index (κ1) is 20.8. The number of nitrogens with one attached hydrogen (secondary N) is 1. The Balaban J connectivity index is 1.75. The van der Waals surface area contributed by atoms with Gasteiger partial charge in [-0.05, 0) is 63.0 Å². The Morgan fingerprint density at radius 3 is 2.07 bits per heavy atom. The molecule has 0 bridgehead atoms. The zero-order valence-corrected chi connectivity index (χ0v) is 17.0. The maximum atomic E-state index is 13.0. The minimum Gasteiger partial charge on any atom is -0.368 e. The van der Waals surface area contributed by atoms with Crippen LogP contribution < -0.4 is 11.1 Å². The van der Waals surface area contributed by atoms with Crippen LogP contribution in [0.25, 0.3) is 0 Å². The van der Waals surface area contributed by atoms with Gasteiger partial charge in [0.25, 0.3) is 5.91 Å². The molecule has 2 aliphatic heterocycles. The van der Waals surface area contributed by atoms with Crippen LogP contribution in [-0.4, -0.2) is 68.2 Å². The molecule has 0 atom stereocenters. The summed E-state index contributed by atoms with van der Waals surface area (Å²) in [5.41, 5.74) is 5.42. The van der Waals surface area contributed by atoms with Crippen molar-refractivity contribution in [2.24, 2.45) is 5.73 Å². The average molecular weight is 409 g/mol. The Morgan fingerprint density at radius 2 is 1.57 bits per heavy atom. The molecule has 0 aliphatic carbocycles. The molecule has 3 N–H and O–H groups in total. The fraction of sp³-hybridized carbons (Fsp3) is 0.579. The van der Waals surface area contributed by atoms with Crippen molar-refractivity contribution in [1.29, 1.82) is 0 Å². The van der Waals surface area contributed by atoms with Gasteiger partial charge in [0.05, 0.1) is 4.90 Å². The molecular weight excluding hydrogens is 380 g/mol. The molecule has 0 spiro atoms. The normalized spacial score (nSPS) is 21.2. The average Bonchev–Trinajstić information content (AvgIpc) is 2.73. The Bertz CT molecular complexity index is 824. The summed E-state index contributed by atoms with van der Waals surface area (Å²) in [6, 6.07) is 5.88. The molecule has 28 heavy (non-hydrogen) atoms. The number of piperidine rings is 2. The van der Waals surface area contributed by atoms with E-state index < -0.39 is 15.6 Å². The third kappa shape index (κ3) is 3.78. The topological polar surface area (TPSA) is 113 Å². The number of nitrogens with two attached hydrogens (primary N) is 1. The number of primary amides is 1. The third-order valence-corrected chi connectivity index (χ3v) is 7.86. The highest BCUT2D eigenvalue weighted by Crippen LogP contribution is 2.33. The van der Waals surface area contributed by atoms with E-state index in [9.17, 15) is 18.0 Å². The zero-order chi connectivity index (χ0) is 20.4. The van der Waals surface area contributed by atoms with Gasteiger partial charge in [0.15, 0.2) is 0 Å². The maximum absolute atomic E-state index is 13.0. The van der Waals surface area contributed by atoms with Crippen molar-refractivity contribution in [3.05, 3.63) is 29.8 Å². The lowest BCUT2D eigenvalue weighted by Gasteiger charge is -2.47. The van der Waals surface area contributed by atoms with E-state index >= 15 is 0 Å². The lowest BCUT2D eigenvalue weighted by Crippen LogP contribution is -2.63. The highest BCUT2D eigenvalue weighted by Gasteiger charge is 2.47. The van der Waals surface area contributed by atoms with E-state index in [1.54, 1.807) is 0 Å². The number of amides is 2. The van der Waals surface area contributed by atoms with Crippen molar-refractivity contribution < 1.29 is 18.0 Å². The molecule has 154 valence electrons. The monoisotopic (exact) mass is 408 g/mol. The van der Waals surface area contributed by atoms with Crippen molar-refractivity contribution in [3.63, 3.8) is 0 Å². The second-order valence-electron chi connectivity index (χ2n) is 7.45. The first-order chi connectivity index (χ1) is 13.3. The number of hydrogen-bond acceptors (Lipinski definition) is 5. The molecule has 1 aromatic carbocycles. The van der Waals surface area contributed by atoms with Gasteiger partial charge in [-0.1, -0.05) is 6.42 Å². The molecule has 0 aromatic heterocycles. The summed E-state index contributed by atoms with van der Waals surface area (Å²) in [7, 11) is -2.16. The molecule has 2 fully saturated rings. The van der Waals surface area contributed by atoms with Crippen LogP contribution in [0, 0.1) is 0 Å². The van der Waals surface area contributed by atoms with E-state index in [0.29, 0.717) is 18.4 Å². The molecule has 2 aliphatic rings. The number of rotatable bonds is 5. The maximum Gasteiger partial charge on any atom is 0.251 e. The molecule has 0 radical (unpaired) electrons. The largest absolute Gasteiger partial charge is 0.368 e. The van der Waals surface area contributed by atoms with Gasteiger partial charge in [0.1, 0.15) is 5.54 Å². The summed E-state index contributed by atoms with van der Waals surface area (Å²) in [4.78, 5) is 26.2. The van der Waals surface area contributed by atoms with Gasteiger partial charge in [-0.15, -0.1) is 0 Å². The van der Waals surface area contributed by atoms with E-state index in [1.807, 2.05) is 0 Å². The second-order valence-corrected chi connectivity index (χ2v) is 9.39. The highest BCUT2D eigenvalue weighted by atomic mass is 32.2. The van der Waals surface area contributed by atoms with Gasteiger partial charge in [-0.25, -0.2) is 8.42 Å². The predicted octanol–water partition coefficient (Wildman–Crippen LogP) is 0.541. The molecule has 2 heterocycles. The molecule has 2 saturated heterocycles. The van der Waals surface area contributed by atoms with E-state index in [-0.39, 0.29) is 29.8 Å². The van der Waals surface area contributed by atoms with Crippen molar-refractivity contribution in [3.8, 4) is 0 Å². The van der Waals surface area contributed by atoms with Gasteiger partial charge in [0.2, 0.25) is 15.9 Å². The van der Waals surface area contributed by atoms with Gasteiger partial charge < -0.3 is 11.1 Å². The van der Waals surface area contributed by atoms with Crippen molar-refractivity contribution in [2.45, 2.75) is 42.5 Å². The Labute approximate surface area is 166 Å². The number of sulfonamides is 1. The number of hydrogen-bond donors (Lipinski definition) is 2. The van der Waals surface area contributed by atoms with Crippen LogP contribution in [0.5, 0.6) is 0 Å². The van der Waals surface area contributed by atoms with Crippen LogP contribution in [0.3, 0.4) is 0 Å². The van der Waals surface area contributed by atoms with Crippen LogP contribution in [-0.2, 0) is 14.8 Å². The fourth-order valence-corrected chi connectivity index (χ4v) is 5.65. The van der Waals surface area contributed by atoms with E-state index in [1.165, 1.54) is 35.6 Å². The molecule has 9 heteroatoms. The van der Waals surface area contributed by atoms with Crippen molar-refractivity contribution in [2.75, 3.05) is 33.2 Å². The van der Waals surface area contributed by atoms with Gasteiger partial charge in [0, 0.05) is 25.7 Å². The SMILES string of the molecule is CNC(=O)c1ccc(S(=O)(=O)N2CCC(C(N)=O)(N3CCCCC3)CC2)cc1. The Kier molecular flexibility index (Phi) is 6.07. The number of carbonyl (C=O) groups excluding carboxylic acids is 2. The summed E-state index contributed by atoms with van der Waals surface area (Å²) in [5, 5.41) is 2.51. The minimum atomic E-state index is -3.69. The Hall–Kier alpha value is -1.97. The smallest absolute Gasteiger partial charge is 0.251 e. The lowest BCUT2D eigenvalue weighted by atomic mass is 9.84. The van der Waals surface area contributed by atoms with Crippen LogP contribution in [0.15, 0.2) is 29.2 Å². The molecule has 0 saturated carbocycles. The quantitative estimate of drug-likeness (QED) is 0.738. The van der Waals surface area contributed by atoms with Gasteiger partial charge in [-0.3, -0.25) is 14.5 Å². The van der Waals surface area contributed by atoms with Crippen LogP contribution in [0.1, 0.15) is 42.5 Å². The molecule has 1 aromatic rings. The highest BCUT2D eigenvalue weighted by molar-refractivity contribution is 7.89. The second kappa shape index (κ2) is 8.18. The fourth-order valence-electron chi connectivity index (χ4n) is 4.21. The number of benzene rings is 1. The van der Waals surface area contributed by atoms with Crippen LogP contribution in [0.4, 0.5) is 0 Å². The van der Waals surface area contributed by atoms with Crippen LogP contribution >= 0.6 is 0 Å². The predicted molar refractivity (Wildman–Crippen MR) is 105 cm³/mol. The molecule has 2 amide bonds. The molecular formula is C19H28N4O4S. The Morgan fingerprint density at radius 1 is 1.00 bits per heavy atom. The van der Waals surface area contributed by atoms with Crippen molar-refractivity contribution >= 4 is 21.8 Å². The summed E-state index contributed by atoms with van der Waals surface area (Å²) >= 11 is 0. The van der Waals surface area contributed by atoms with Crippen molar-refractivity contribution in [1.82, 2.24) is 14.5 Å². The van der Waals surface area contributed by atoms with Gasteiger partial charge >= 0.3 is 0 Å². The number of likely N-dealkylation sites (tertiary alicyclic amines) is 1. The third-order valence-electron chi connectivity index (χ3n) is 5.95. The lowest BCUT2D eigenvalue weighted by molar-refractivity contribution is -0.134. The van der Waals surface area contributed by atoms with E-state index in [0.717, 1.165) is 32.4 Å². The van der Waals surface area contributed by atoms with E-state index in [4.69, 9.17) is 5.73 Å². The number of carbonyl (C=O) groups is 2. The summed E-state index contributed by atoms with van der Waals surface area (Å²) in [6.07, 6.45) is 4.02. The molecule has 0 unspecified atom stereocenters. The van der Waals surface area contributed by atoms with Crippen LogP contribution in [0.2, 0.25) is 0 Å². The summed E-state index contributed by atoms with van der Waals surface area (Å²) < 4.78 is 27.4. The minimum absolute atomic E-state index is 0.143. The standard InChI is InChI=1S/C19H28N4O4S/c1-21-17(24)15-5-7-16(8-6-15)28(26,27)23-13-9-19(10-14-23,18(20)25)22-11-3-2-4-12-22/h5-8H,2-4,9-14H2,1H3,(H2,20,25)(H,21,24). The molecule has 8 nitrogen and oxygen atoms in total. The molecule has 3 rings (SSSR count).